The summed E-state index contributed by atoms with van der Waals surface area (Å²) in [6.45, 7) is 14.0. The van der Waals surface area contributed by atoms with E-state index in [4.69, 9.17) is 9.47 Å². The largest absolute Gasteiger partial charge is 0.380 e. The molecule has 0 amide bonds. The minimum absolute atomic E-state index is 0.0904. The Morgan fingerprint density at radius 1 is 1.00 bits per heavy atom. The van der Waals surface area contributed by atoms with Crippen LogP contribution in [0, 0.1) is 5.41 Å². The van der Waals surface area contributed by atoms with Crippen molar-refractivity contribution >= 4 is 0 Å². The molecule has 0 saturated heterocycles. The predicted molar refractivity (Wildman–Crippen MR) is 68.8 cm³/mol. The van der Waals surface area contributed by atoms with E-state index in [2.05, 4.69) is 39.9 Å². The van der Waals surface area contributed by atoms with E-state index in [9.17, 15) is 0 Å². The summed E-state index contributed by atoms with van der Waals surface area (Å²) in [5.41, 5.74) is 0.136. The molecule has 0 aromatic carbocycles. The third kappa shape index (κ3) is 10.4. The summed E-state index contributed by atoms with van der Waals surface area (Å²) in [6.07, 6.45) is 0.937. The average molecular weight is 231 g/mol. The maximum atomic E-state index is 5.90. The van der Waals surface area contributed by atoms with Crippen molar-refractivity contribution in [3.63, 3.8) is 0 Å². The van der Waals surface area contributed by atoms with E-state index in [1.54, 1.807) is 0 Å². The number of rotatable bonds is 8. The highest BCUT2D eigenvalue weighted by atomic mass is 16.5. The lowest BCUT2D eigenvalue weighted by atomic mass is 9.97. The fourth-order valence-corrected chi connectivity index (χ4v) is 1.08. The van der Waals surface area contributed by atoms with Crippen LogP contribution in [0.2, 0.25) is 0 Å². The lowest BCUT2D eigenvalue weighted by Gasteiger charge is -2.29. The van der Waals surface area contributed by atoms with Crippen LogP contribution in [0.3, 0.4) is 0 Å². The van der Waals surface area contributed by atoms with Crippen molar-refractivity contribution in [2.75, 3.05) is 33.4 Å². The molecule has 0 fully saturated rings. The zero-order chi connectivity index (χ0) is 12.7. The molecule has 0 aliphatic carbocycles. The molecule has 3 heteroatoms. The van der Waals surface area contributed by atoms with Gasteiger partial charge in [-0.3, -0.25) is 0 Å². The van der Waals surface area contributed by atoms with Crippen molar-refractivity contribution < 1.29 is 9.47 Å². The molecule has 0 bridgehead atoms. The molecule has 3 nitrogen and oxygen atoms in total. The van der Waals surface area contributed by atoms with Gasteiger partial charge in [-0.15, -0.1) is 0 Å². The van der Waals surface area contributed by atoms with E-state index in [0.717, 1.165) is 32.8 Å². The van der Waals surface area contributed by atoms with Gasteiger partial charge in [0.25, 0.3) is 0 Å². The monoisotopic (exact) mass is 231 g/mol. The average Bonchev–Trinajstić information content (AvgIpc) is 2.14. The molecule has 0 aliphatic rings. The van der Waals surface area contributed by atoms with Crippen molar-refractivity contribution in [1.82, 2.24) is 5.32 Å². The molecular formula is C13H29NO2. The number of likely N-dealkylation sites (N-methyl/N-ethyl adjacent to an activating group) is 1. The first-order valence-corrected chi connectivity index (χ1v) is 6.13. The minimum Gasteiger partial charge on any atom is -0.380 e. The summed E-state index contributed by atoms with van der Waals surface area (Å²) in [7, 11) is 1.93. The summed E-state index contributed by atoms with van der Waals surface area (Å²) in [4.78, 5) is 0. The van der Waals surface area contributed by atoms with Crippen molar-refractivity contribution in [2.45, 2.75) is 46.6 Å². The van der Waals surface area contributed by atoms with E-state index in [-0.39, 0.29) is 11.0 Å². The van der Waals surface area contributed by atoms with Gasteiger partial charge in [0.15, 0.2) is 0 Å². The molecule has 16 heavy (non-hydrogen) atoms. The summed E-state index contributed by atoms with van der Waals surface area (Å²) in [6, 6.07) is 0. The second-order valence-electron chi connectivity index (χ2n) is 6.07. The Hall–Kier alpha value is -0.120. The van der Waals surface area contributed by atoms with Gasteiger partial charge >= 0.3 is 0 Å². The highest BCUT2D eigenvalue weighted by molar-refractivity contribution is 4.70. The normalized spacial score (nSPS) is 13.1. The van der Waals surface area contributed by atoms with Gasteiger partial charge in [0.1, 0.15) is 0 Å². The van der Waals surface area contributed by atoms with Gasteiger partial charge in [-0.1, -0.05) is 20.8 Å². The van der Waals surface area contributed by atoms with Crippen LogP contribution in [-0.4, -0.2) is 39.0 Å². The molecule has 98 valence electrons. The summed E-state index contributed by atoms with van der Waals surface area (Å²) < 4.78 is 11.4. The minimum atomic E-state index is -0.0904. The topological polar surface area (TPSA) is 30.5 Å². The van der Waals surface area contributed by atoms with E-state index in [1.165, 1.54) is 0 Å². The lowest BCUT2D eigenvalue weighted by Crippen LogP contribution is -2.31. The van der Waals surface area contributed by atoms with Crippen LogP contribution in [0.4, 0.5) is 0 Å². The first kappa shape index (κ1) is 15.9. The van der Waals surface area contributed by atoms with E-state index in [1.807, 2.05) is 7.05 Å². The maximum Gasteiger partial charge on any atom is 0.0648 e. The molecule has 0 heterocycles. The number of hydrogen-bond donors (Lipinski definition) is 1. The van der Waals surface area contributed by atoms with Gasteiger partial charge in [0.05, 0.1) is 18.8 Å². The van der Waals surface area contributed by atoms with Crippen molar-refractivity contribution in [1.29, 1.82) is 0 Å². The van der Waals surface area contributed by atoms with Gasteiger partial charge in [-0.25, -0.2) is 0 Å². The summed E-state index contributed by atoms with van der Waals surface area (Å²) >= 11 is 0. The molecule has 1 N–H and O–H groups in total. The quantitative estimate of drug-likeness (QED) is 0.651. The molecule has 0 saturated carbocycles. The predicted octanol–water partition coefficient (Wildman–Crippen LogP) is 2.45. The number of ether oxygens (including phenoxy) is 2. The zero-order valence-corrected chi connectivity index (χ0v) is 11.9. The molecular weight excluding hydrogens is 202 g/mol. The highest BCUT2D eigenvalue weighted by Gasteiger charge is 2.21. The van der Waals surface area contributed by atoms with Crippen LogP contribution in [0.15, 0.2) is 0 Å². The molecule has 0 aromatic rings. The Morgan fingerprint density at radius 2 is 1.62 bits per heavy atom. The van der Waals surface area contributed by atoms with E-state index >= 15 is 0 Å². The molecule has 0 unspecified atom stereocenters. The lowest BCUT2D eigenvalue weighted by molar-refractivity contribution is -0.0671. The smallest absolute Gasteiger partial charge is 0.0648 e. The van der Waals surface area contributed by atoms with E-state index < -0.39 is 0 Å². The fourth-order valence-electron chi connectivity index (χ4n) is 1.08. The SMILES string of the molecule is CNCCOCCC(C)(C)OCC(C)(C)C. The first-order valence-electron chi connectivity index (χ1n) is 6.13. The second-order valence-corrected chi connectivity index (χ2v) is 6.07. The Labute approximate surface area is 101 Å². The van der Waals surface area contributed by atoms with Crippen LogP contribution in [0.1, 0.15) is 41.0 Å². The van der Waals surface area contributed by atoms with Gasteiger partial charge in [-0.2, -0.15) is 0 Å². The van der Waals surface area contributed by atoms with Crippen LogP contribution in [0.5, 0.6) is 0 Å². The third-order valence-corrected chi connectivity index (χ3v) is 2.24. The molecule has 0 radical (unpaired) electrons. The molecule has 0 aliphatic heterocycles. The summed E-state index contributed by atoms with van der Waals surface area (Å²) in [5, 5.41) is 3.05. The Kier molecular flexibility index (Phi) is 7.20. The number of nitrogens with one attached hydrogen (secondary N) is 1. The third-order valence-electron chi connectivity index (χ3n) is 2.24. The zero-order valence-electron chi connectivity index (χ0n) is 11.9. The Bertz CT molecular complexity index is 173. The Balaban J connectivity index is 3.62. The van der Waals surface area contributed by atoms with Crippen LogP contribution in [-0.2, 0) is 9.47 Å². The Morgan fingerprint density at radius 3 is 2.12 bits per heavy atom. The first-order chi connectivity index (χ1) is 7.27. The van der Waals surface area contributed by atoms with Crippen molar-refractivity contribution in [3.05, 3.63) is 0 Å². The van der Waals surface area contributed by atoms with Crippen LogP contribution < -0.4 is 5.32 Å². The standard InChI is InChI=1S/C13H29NO2/c1-12(2,3)11-16-13(4,5)7-9-15-10-8-14-6/h14H,7-11H2,1-6H3. The van der Waals surface area contributed by atoms with E-state index in [0.29, 0.717) is 0 Å². The number of hydrogen-bond acceptors (Lipinski definition) is 3. The van der Waals surface area contributed by atoms with Gasteiger partial charge in [0, 0.05) is 13.2 Å². The van der Waals surface area contributed by atoms with Crippen LogP contribution in [0.25, 0.3) is 0 Å². The maximum absolute atomic E-state index is 5.90. The van der Waals surface area contributed by atoms with Crippen LogP contribution >= 0.6 is 0 Å². The summed E-state index contributed by atoms with van der Waals surface area (Å²) in [5.74, 6) is 0. The van der Waals surface area contributed by atoms with Gasteiger partial charge in [-0.05, 0) is 32.7 Å². The van der Waals surface area contributed by atoms with Crippen molar-refractivity contribution in [3.8, 4) is 0 Å². The molecule has 0 spiro atoms. The van der Waals surface area contributed by atoms with Gasteiger partial charge < -0.3 is 14.8 Å². The highest BCUT2D eigenvalue weighted by Crippen LogP contribution is 2.21. The second kappa shape index (κ2) is 7.25. The van der Waals surface area contributed by atoms with Crippen molar-refractivity contribution in [2.24, 2.45) is 5.41 Å². The molecule has 0 atom stereocenters. The fraction of sp³-hybridized carbons (Fsp3) is 1.00. The molecule has 0 aromatic heterocycles. The molecule has 0 rings (SSSR count). The van der Waals surface area contributed by atoms with Gasteiger partial charge in [0.2, 0.25) is 0 Å².